The minimum Gasteiger partial charge on any atom is -0.210 e. The highest BCUT2D eigenvalue weighted by atomic mass is 19.4. The van der Waals surface area contributed by atoms with Crippen LogP contribution in [-0.2, 0) is 0 Å². The zero-order chi connectivity index (χ0) is 10.9. The molecule has 0 spiro atoms. The van der Waals surface area contributed by atoms with Crippen molar-refractivity contribution in [2.45, 2.75) is 25.9 Å². The number of rotatable bonds is 2. The van der Waals surface area contributed by atoms with Crippen molar-refractivity contribution < 1.29 is 22.0 Å². The summed E-state index contributed by atoms with van der Waals surface area (Å²) < 4.78 is 54.8. The van der Waals surface area contributed by atoms with Gasteiger partial charge in [0.2, 0.25) is 6.43 Å². The Hall–Kier alpha value is -0.870. The Bertz CT molecular complexity index is 145. The number of hydrogen-bond acceptors (Lipinski definition) is 0. The zero-order valence-corrected chi connectivity index (χ0v) is 7.11. The molecule has 0 nitrogen and oxygen atoms in total. The van der Waals surface area contributed by atoms with E-state index in [2.05, 4.69) is 6.58 Å². The van der Waals surface area contributed by atoms with Crippen LogP contribution in [-0.4, -0.2) is 12.6 Å². The van der Waals surface area contributed by atoms with Crippen LogP contribution >= 0.6 is 0 Å². The molecule has 13 heavy (non-hydrogen) atoms. The molecule has 0 atom stereocenters. The van der Waals surface area contributed by atoms with E-state index < -0.39 is 12.6 Å². The second kappa shape index (κ2) is 7.76. The van der Waals surface area contributed by atoms with Crippen molar-refractivity contribution in [2.24, 2.45) is 0 Å². The summed E-state index contributed by atoms with van der Waals surface area (Å²) in [5, 5.41) is 0. The van der Waals surface area contributed by atoms with E-state index in [9.17, 15) is 22.0 Å². The van der Waals surface area contributed by atoms with Gasteiger partial charge in [-0.05, 0) is 6.92 Å². The lowest BCUT2D eigenvalue weighted by atomic mass is 10.5. The summed E-state index contributed by atoms with van der Waals surface area (Å²) >= 11 is 0. The smallest absolute Gasteiger partial charge is 0.210 e. The molecule has 0 bridgehead atoms. The molecule has 0 rings (SSSR count). The van der Waals surface area contributed by atoms with Gasteiger partial charge in [-0.1, -0.05) is 12.2 Å². The maximum Gasteiger partial charge on any atom is 0.409 e. The summed E-state index contributed by atoms with van der Waals surface area (Å²) in [6.07, 6.45) is -4.20. The van der Waals surface area contributed by atoms with Gasteiger partial charge in [-0.3, -0.25) is 0 Å². The number of alkyl halides is 5. The van der Waals surface area contributed by atoms with Crippen LogP contribution in [0, 0.1) is 0 Å². The third-order valence-electron chi connectivity index (χ3n) is 0.700. The van der Waals surface area contributed by atoms with E-state index in [1.807, 2.05) is 0 Å². The highest BCUT2D eigenvalue weighted by molar-refractivity contribution is 4.84. The molecular formula is C8H11F5. The number of allylic oxidation sites excluding steroid dienone is 3. The van der Waals surface area contributed by atoms with Gasteiger partial charge < -0.3 is 0 Å². The summed E-state index contributed by atoms with van der Waals surface area (Å²) in [4.78, 5) is 0. The molecular weight excluding hydrogens is 191 g/mol. The van der Waals surface area contributed by atoms with E-state index in [0.717, 1.165) is 6.08 Å². The summed E-state index contributed by atoms with van der Waals surface area (Å²) in [5.74, 6) is 0. The van der Waals surface area contributed by atoms with E-state index in [4.69, 9.17) is 0 Å². The van der Waals surface area contributed by atoms with Crippen LogP contribution in [0.15, 0.2) is 24.8 Å². The molecule has 0 unspecified atom stereocenters. The third kappa shape index (κ3) is 24.7. The molecule has 78 valence electrons. The van der Waals surface area contributed by atoms with Gasteiger partial charge in [0.1, 0.15) is 0 Å². The van der Waals surface area contributed by atoms with E-state index in [-0.39, 0.29) is 12.5 Å². The first-order chi connectivity index (χ1) is 5.83. The predicted molar refractivity (Wildman–Crippen MR) is 41.7 cm³/mol. The molecule has 0 heterocycles. The molecule has 0 N–H and O–H groups in total. The van der Waals surface area contributed by atoms with Crippen molar-refractivity contribution in [3.63, 3.8) is 0 Å². The number of hydrogen-bond donors (Lipinski definition) is 0. The van der Waals surface area contributed by atoms with Crippen molar-refractivity contribution in [1.82, 2.24) is 0 Å². The van der Waals surface area contributed by atoms with E-state index in [1.54, 1.807) is 0 Å². The Morgan fingerprint density at radius 1 is 1.31 bits per heavy atom. The fourth-order valence-electron chi connectivity index (χ4n) is 0.315. The van der Waals surface area contributed by atoms with Crippen molar-refractivity contribution in [3.05, 3.63) is 24.8 Å². The Balaban J connectivity index is 0. The summed E-state index contributed by atoms with van der Waals surface area (Å²) in [6, 6.07) is 0. The topological polar surface area (TPSA) is 0 Å². The Labute approximate surface area is 73.7 Å². The molecule has 0 saturated heterocycles. The standard InChI is InChI=1S/C4H5F3.C4H6F2/c1-2-3-4(5,6)7;1-2-3-4(5)6/h2-3H,1H3;2,4H,1,3H2. The quantitative estimate of drug-likeness (QED) is 0.469. The Morgan fingerprint density at radius 2 is 1.77 bits per heavy atom. The second-order valence-corrected chi connectivity index (χ2v) is 1.96. The predicted octanol–water partition coefficient (Wildman–Crippen LogP) is 3.95. The van der Waals surface area contributed by atoms with Crippen LogP contribution in [0.5, 0.6) is 0 Å². The lowest BCUT2D eigenvalue weighted by Crippen LogP contribution is -1.99. The van der Waals surface area contributed by atoms with Gasteiger partial charge in [0, 0.05) is 12.5 Å². The van der Waals surface area contributed by atoms with Gasteiger partial charge in [-0.15, -0.1) is 6.58 Å². The first-order valence-corrected chi connectivity index (χ1v) is 3.43. The monoisotopic (exact) mass is 202 g/mol. The van der Waals surface area contributed by atoms with Gasteiger partial charge in [-0.25, -0.2) is 8.78 Å². The van der Waals surface area contributed by atoms with Crippen LogP contribution in [0.4, 0.5) is 22.0 Å². The molecule has 0 aliphatic carbocycles. The Kier molecular flexibility index (Phi) is 8.74. The third-order valence-corrected chi connectivity index (χ3v) is 0.700. The normalized spacial score (nSPS) is 11.3. The van der Waals surface area contributed by atoms with Crippen LogP contribution in [0.25, 0.3) is 0 Å². The summed E-state index contributed by atoms with van der Waals surface area (Å²) in [6.45, 7) is 4.45. The van der Waals surface area contributed by atoms with Gasteiger partial charge in [0.15, 0.2) is 0 Å². The van der Waals surface area contributed by atoms with Gasteiger partial charge in [0.25, 0.3) is 0 Å². The minimum absolute atomic E-state index is 0.188. The fraction of sp³-hybridized carbons (Fsp3) is 0.500. The van der Waals surface area contributed by atoms with E-state index in [0.29, 0.717) is 0 Å². The van der Waals surface area contributed by atoms with Crippen LogP contribution in [0.1, 0.15) is 13.3 Å². The molecule has 0 aromatic rings. The van der Waals surface area contributed by atoms with Crippen molar-refractivity contribution in [3.8, 4) is 0 Å². The first kappa shape index (κ1) is 14.6. The maximum atomic E-state index is 11.0. The molecule has 0 fully saturated rings. The highest BCUT2D eigenvalue weighted by Crippen LogP contribution is 2.15. The lowest BCUT2D eigenvalue weighted by molar-refractivity contribution is -0.0799. The maximum absolute atomic E-state index is 11.0. The van der Waals surface area contributed by atoms with Crippen molar-refractivity contribution >= 4 is 0 Å². The van der Waals surface area contributed by atoms with Crippen LogP contribution in [0.2, 0.25) is 0 Å². The molecule has 0 radical (unpaired) electrons. The summed E-state index contributed by atoms with van der Waals surface area (Å²) in [5.41, 5.74) is 0. The molecule has 0 saturated carbocycles. The van der Waals surface area contributed by atoms with Crippen LogP contribution < -0.4 is 0 Å². The van der Waals surface area contributed by atoms with Crippen LogP contribution in [0.3, 0.4) is 0 Å². The molecule has 0 aliphatic heterocycles. The zero-order valence-electron chi connectivity index (χ0n) is 7.11. The molecule has 0 aromatic carbocycles. The molecule has 0 aromatic heterocycles. The molecule has 0 aliphatic rings. The fourth-order valence-corrected chi connectivity index (χ4v) is 0.315. The SMILES string of the molecule is C=CCC(F)F.CC=CC(F)(F)F. The Morgan fingerprint density at radius 3 is 1.77 bits per heavy atom. The molecule has 0 amide bonds. The lowest BCUT2D eigenvalue weighted by Gasteiger charge is -1.93. The summed E-state index contributed by atoms with van der Waals surface area (Å²) in [7, 11) is 0. The van der Waals surface area contributed by atoms with Crippen molar-refractivity contribution in [2.75, 3.05) is 0 Å². The van der Waals surface area contributed by atoms with Gasteiger partial charge >= 0.3 is 6.18 Å². The average Bonchev–Trinajstić information content (AvgIpc) is 1.84. The minimum atomic E-state index is -4.13. The van der Waals surface area contributed by atoms with Crippen molar-refractivity contribution in [1.29, 1.82) is 0 Å². The first-order valence-electron chi connectivity index (χ1n) is 3.43. The number of halogens is 5. The highest BCUT2D eigenvalue weighted by Gasteiger charge is 2.20. The largest absolute Gasteiger partial charge is 0.409 e. The van der Waals surface area contributed by atoms with E-state index in [1.165, 1.54) is 13.0 Å². The second-order valence-electron chi connectivity index (χ2n) is 1.96. The molecule has 5 heteroatoms. The van der Waals surface area contributed by atoms with Gasteiger partial charge in [-0.2, -0.15) is 13.2 Å². The average molecular weight is 202 g/mol. The van der Waals surface area contributed by atoms with E-state index >= 15 is 0 Å². The van der Waals surface area contributed by atoms with Gasteiger partial charge in [0.05, 0.1) is 0 Å².